The van der Waals surface area contributed by atoms with E-state index < -0.39 is 0 Å². The fourth-order valence-electron chi connectivity index (χ4n) is 3.74. The summed E-state index contributed by atoms with van der Waals surface area (Å²) in [7, 11) is 0. The highest BCUT2D eigenvalue weighted by Gasteiger charge is 2.25. The number of H-pyrrole nitrogens is 1. The number of likely N-dealkylation sites (tertiary alicyclic amines) is 1. The van der Waals surface area contributed by atoms with Gasteiger partial charge in [0, 0.05) is 37.7 Å². The average molecular weight is 381 g/mol. The van der Waals surface area contributed by atoms with E-state index in [0.717, 1.165) is 54.0 Å². The van der Waals surface area contributed by atoms with Gasteiger partial charge in [0.15, 0.2) is 11.5 Å². The van der Waals surface area contributed by atoms with Gasteiger partial charge in [0.25, 0.3) is 0 Å². The van der Waals surface area contributed by atoms with Crippen molar-refractivity contribution in [1.29, 1.82) is 0 Å². The van der Waals surface area contributed by atoms with Crippen molar-refractivity contribution in [2.45, 2.75) is 38.6 Å². The molecule has 1 aliphatic rings. The Morgan fingerprint density at radius 1 is 1.29 bits per heavy atom. The van der Waals surface area contributed by atoms with E-state index in [1.165, 1.54) is 12.1 Å². The molecule has 0 saturated carbocycles. The van der Waals surface area contributed by atoms with Crippen molar-refractivity contribution >= 4 is 22.8 Å². The molecule has 1 aromatic carbocycles. The molecule has 1 saturated heterocycles. The van der Waals surface area contributed by atoms with Crippen LogP contribution in [-0.2, 0) is 11.3 Å². The van der Waals surface area contributed by atoms with Crippen molar-refractivity contribution in [2.24, 2.45) is 0 Å². The van der Waals surface area contributed by atoms with Gasteiger partial charge in [-0.15, -0.1) is 0 Å². The van der Waals surface area contributed by atoms with Crippen LogP contribution in [0.25, 0.3) is 11.0 Å². The van der Waals surface area contributed by atoms with Crippen LogP contribution >= 0.6 is 0 Å². The SMILES string of the molecule is CCC(=O)N1CCCC(c2ccc3c(NCc4ccc(F)cc4)n[nH]c3n2)C1. The third-order valence-corrected chi connectivity index (χ3v) is 5.31. The van der Waals surface area contributed by atoms with Gasteiger partial charge in [-0.3, -0.25) is 9.89 Å². The summed E-state index contributed by atoms with van der Waals surface area (Å²) in [6.45, 7) is 4.03. The molecule has 0 aliphatic carbocycles. The molecule has 28 heavy (non-hydrogen) atoms. The highest BCUT2D eigenvalue weighted by molar-refractivity contribution is 5.87. The molecule has 1 unspecified atom stereocenters. The summed E-state index contributed by atoms with van der Waals surface area (Å²) in [6, 6.07) is 10.5. The number of nitrogens with zero attached hydrogens (tertiary/aromatic N) is 3. The molecular weight excluding hydrogens is 357 g/mol. The minimum atomic E-state index is -0.243. The smallest absolute Gasteiger partial charge is 0.222 e. The highest BCUT2D eigenvalue weighted by atomic mass is 19.1. The van der Waals surface area contributed by atoms with Crippen LogP contribution in [0.2, 0.25) is 0 Å². The van der Waals surface area contributed by atoms with Crippen LogP contribution in [0.3, 0.4) is 0 Å². The first-order valence-corrected chi connectivity index (χ1v) is 9.75. The summed E-state index contributed by atoms with van der Waals surface area (Å²) in [5.74, 6) is 0.949. The second-order valence-corrected chi connectivity index (χ2v) is 7.22. The predicted octanol–water partition coefficient (Wildman–Crippen LogP) is 3.83. The van der Waals surface area contributed by atoms with Gasteiger partial charge in [-0.25, -0.2) is 9.37 Å². The third-order valence-electron chi connectivity index (χ3n) is 5.31. The average Bonchev–Trinajstić information content (AvgIpc) is 3.15. The lowest BCUT2D eigenvalue weighted by Crippen LogP contribution is -2.38. The zero-order valence-corrected chi connectivity index (χ0v) is 15.9. The van der Waals surface area contributed by atoms with Crippen LogP contribution in [0, 0.1) is 5.82 Å². The lowest BCUT2D eigenvalue weighted by molar-refractivity contribution is -0.132. The molecule has 146 valence electrons. The van der Waals surface area contributed by atoms with E-state index in [-0.39, 0.29) is 17.6 Å². The molecule has 2 N–H and O–H groups in total. The molecule has 1 amide bonds. The number of carbonyl (C=O) groups is 1. The molecule has 4 rings (SSSR count). The second-order valence-electron chi connectivity index (χ2n) is 7.22. The fourth-order valence-corrected chi connectivity index (χ4v) is 3.74. The molecule has 6 nitrogen and oxygen atoms in total. The molecule has 3 aromatic rings. The van der Waals surface area contributed by atoms with Crippen molar-refractivity contribution in [2.75, 3.05) is 18.4 Å². The number of aromatic nitrogens is 3. The largest absolute Gasteiger partial charge is 0.364 e. The quantitative estimate of drug-likeness (QED) is 0.705. The van der Waals surface area contributed by atoms with Crippen molar-refractivity contribution in [3.63, 3.8) is 0 Å². The Bertz CT molecular complexity index is 969. The molecule has 1 fully saturated rings. The third kappa shape index (κ3) is 3.83. The first kappa shape index (κ1) is 18.4. The van der Waals surface area contributed by atoms with E-state index in [1.807, 2.05) is 24.0 Å². The summed E-state index contributed by atoms with van der Waals surface area (Å²) >= 11 is 0. The Morgan fingerprint density at radius 2 is 2.11 bits per heavy atom. The number of halogens is 1. The number of fused-ring (bicyclic) bond motifs is 1. The number of amides is 1. The number of benzene rings is 1. The minimum Gasteiger partial charge on any atom is -0.364 e. The van der Waals surface area contributed by atoms with Crippen molar-refractivity contribution in [3.8, 4) is 0 Å². The van der Waals surface area contributed by atoms with Gasteiger partial charge >= 0.3 is 0 Å². The standard InChI is InChI=1S/C21H24FN5O/c1-2-19(28)27-11-3-4-15(13-27)18-10-9-17-20(25-26-21(17)24-18)23-12-14-5-7-16(22)8-6-14/h5-10,15H,2-4,11-13H2,1H3,(H2,23,24,25,26). The van der Waals surface area contributed by atoms with Gasteiger partial charge in [0.1, 0.15) is 5.82 Å². The molecule has 0 spiro atoms. The maximum atomic E-state index is 13.0. The Balaban J connectivity index is 1.48. The lowest BCUT2D eigenvalue weighted by Gasteiger charge is -2.32. The topological polar surface area (TPSA) is 73.9 Å². The first-order valence-electron chi connectivity index (χ1n) is 9.75. The molecule has 1 atom stereocenters. The van der Waals surface area contributed by atoms with E-state index in [2.05, 4.69) is 15.5 Å². The number of hydrogen-bond donors (Lipinski definition) is 2. The normalized spacial score (nSPS) is 17.1. The zero-order chi connectivity index (χ0) is 19.5. The van der Waals surface area contributed by atoms with E-state index >= 15 is 0 Å². The number of anilines is 1. The predicted molar refractivity (Wildman–Crippen MR) is 106 cm³/mol. The van der Waals surface area contributed by atoms with Crippen molar-refractivity contribution in [1.82, 2.24) is 20.1 Å². The molecule has 3 heterocycles. The van der Waals surface area contributed by atoms with Crippen molar-refractivity contribution in [3.05, 3.63) is 53.5 Å². The maximum Gasteiger partial charge on any atom is 0.222 e. The van der Waals surface area contributed by atoms with Gasteiger partial charge in [-0.2, -0.15) is 5.10 Å². The summed E-state index contributed by atoms with van der Waals surface area (Å²) in [4.78, 5) is 18.7. The number of hydrogen-bond acceptors (Lipinski definition) is 4. The summed E-state index contributed by atoms with van der Waals surface area (Å²) in [5.41, 5.74) is 2.71. The Hall–Kier alpha value is -2.96. The number of aromatic amines is 1. The molecule has 1 aliphatic heterocycles. The number of carbonyl (C=O) groups excluding carboxylic acids is 1. The number of piperidine rings is 1. The first-order chi connectivity index (χ1) is 13.6. The second kappa shape index (κ2) is 7.96. The van der Waals surface area contributed by atoms with Crippen molar-refractivity contribution < 1.29 is 9.18 Å². The van der Waals surface area contributed by atoms with E-state index in [9.17, 15) is 9.18 Å². The molecule has 0 bridgehead atoms. The number of pyridine rings is 1. The van der Waals surface area contributed by atoms with Crippen LogP contribution in [0.4, 0.5) is 10.2 Å². The van der Waals surface area contributed by atoms with E-state index in [1.54, 1.807) is 12.1 Å². The molecule has 0 radical (unpaired) electrons. The van der Waals surface area contributed by atoms with Crippen LogP contribution in [0.1, 0.15) is 43.4 Å². The van der Waals surface area contributed by atoms with Gasteiger partial charge in [0.2, 0.25) is 5.91 Å². The summed E-state index contributed by atoms with van der Waals surface area (Å²) in [5, 5.41) is 11.5. The Labute approximate surface area is 163 Å². The van der Waals surface area contributed by atoms with Crippen LogP contribution in [0.5, 0.6) is 0 Å². The number of nitrogens with one attached hydrogen (secondary N) is 2. The molecular formula is C21H24FN5O. The number of rotatable bonds is 5. The van der Waals surface area contributed by atoms with Crippen LogP contribution in [-0.4, -0.2) is 39.1 Å². The zero-order valence-electron chi connectivity index (χ0n) is 15.9. The Kier molecular flexibility index (Phi) is 5.23. The molecule has 2 aromatic heterocycles. The Morgan fingerprint density at radius 3 is 2.89 bits per heavy atom. The van der Waals surface area contributed by atoms with Gasteiger partial charge in [0.05, 0.1) is 5.39 Å². The van der Waals surface area contributed by atoms with Gasteiger partial charge in [-0.05, 0) is 42.7 Å². The fraction of sp³-hybridized carbons (Fsp3) is 0.381. The minimum absolute atomic E-state index is 0.208. The van der Waals surface area contributed by atoms with Gasteiger partial charge < -0.3 is 10.2 Å². The monoisotopic (exact) mass is 381 g/mol. The highest BCUT2D eigenvalue weighted by Crippen LogP contribution is 2.28. The van der Waals surface area contributed by atoms with Gasteiger partial charge in [-0.1, -0.05) is 19.1 Å². The van der Waals surface area contributed by atoms with Crippen LogP contribution < -0.4 is 5.32 Å². The maximum absolute atomic E-state index is 13.0. The van der Waals surface area contributed by atoms with E-state index in [0.29, 0.717) is 13.0 Å². The van der Waals surface area contributed by atoms with Crippen LogP contribution in [0.15, 0.2) is 36.4 Å². The summed E-state index contributed by atoms with van der Waals surface area (Å²) in [6.07, 6.45) is 2.59. The lowest BCUT2D eigenvalue weighted by atomic mass is 9.94. The summed E-state index contributed by atoms with van der Waals surface area (Å²) < 4.78 is 13.0. The van der Waals surface area contributed by atoms with E-state index in [4.69, 9.17) is 4.98 Å². The molecule has 7 heteroatoms.